The van der Waals surface area contributed by atoms with Crippen molar-refractivity contribution in [2.45, 2.75) is 0 Å². The largest absolute Gasteiger partial charge is 0.480 e. The molecule has 2 rings (SSSR count). The van der Waals surface area contributed by atoms with E-state index in [0.717, 1.165) is 0 Å². The summed E-state index contributed by atoms with van der Waals surface area (Å²) in [6, 6.07) is 4.44. The van der Waals surface area contributed by atoms with Gasteiger partial charge in [-0.1, -0.05) is 6.07 Å². The van der Waals surface area contributed by atoms with Gasteiger partial charge in [-0.25, -0.2) is 4.79 Å². The lowest BCUT2D eigenvalue weighted by Crippen LogP contribution is -2.41. The number of carbonyl (C=O) groups excluding carboxylic acids is 1. The highest BCUT2D eigenvalue weighted by atomic mass is 16.4. The molecule has 0 saturated heterocycles. The molecule has 0 aliphatic carbocycles. The van der Waals surface area contributed by atoms with Crippen molar-refractivity contribution in [3.63, 3.8) is 0 Å². The summed E-state index contributed by atoms with van der Waals surface area (Å²) in [5, 5.41) is 20.2. The molecule has 1 heterocycles. The number of nitrogens with zero attached hydrogens (tertiary/aromatic N) is 1. The van der Waals surface area contributed by atoms with Crippen LogP contribution in [0.5, 0.6) is 0 Å². The van der Waals surface area contributed by atoms with Crippen LogP contribution >= 0.6 is 0 Å². The van der Waals surface area contributed by atoms with Crippen molar-refractivity contribution in [3.05, 3.63) is 23.8 Å². The Kier molecular flexibility index (Phi) is 2.88. The first-order chi connectivity index (χ1) is 8.49. The maximum Gasteiger partial charge on any atom is 0.337 e. The highest BCUT2D eigenvalue weighted by Crippen LogP contribution is 2.32. The first-order valence-corrected chi connectivity index (χ1v) is 5.12. The number of anilines is 2. The average Bonchev–Trinajstić information content (AvgIpc) is 2.26. The molecule has 0 fully saturated rings. The van der Waals surface area contributed by atoms with Crippen LogP contribution in [-0.2, 0) is 9.59 Å². The Morgan fingerprint density at radius 1 is 1.33 bits per heavy atom. The van der Waals surface area contributed by atoms with Gasteiger partial charge in [0.25, 0.3) is 0 Å². The summed E-state index contributed by atoms with van der Waals surface area (Å²) in [7, 11) is 0. The zero-order valence-electron chi connectivity index (χ0n) is 9.21. The van der Waals surface area contributed by atoms with E-state index in [9.17, 15) is 14.4 Å². The number of fused-ring (bicyclic) bond motifs is 1. The van der Waals surface area contributed by atoms with Crippen LogP contribution in [0.1, 0.15) is 10.4 Å². The topological polar surface area (TPSA) is 107 Å². The molecule has 3 N–H and O–H groups in total. The Hall–Kier alpha value is -2.57. The molecule has 1 aromatic carbocycles. The highest BCUT2D eigenvalue weighted by Gasteiger charge is 2.27. The lowest BCUT2D eigenvalue weighted by atomic mass is 10.1. The fourth-order valence-electron chi connectivity index (χ4n) is 1.86. The molecule has 1 aliphatic heterocycles. The Bertz CT molecular complexity index is 540. The quantitative estimate of drug-likeness (QED) is 0.708. The standard InChI is InChI=1S/C11H10N2O5/c14-8-4-13(5-9(15)16)7-3-1-2-6(11(17)18)10(7)12-8/h1-3H,4-5H2,(H,12,14)(H,15,16)(H,17,18). The summed E-state index contributed by atoms with van der Waals surface area (Å²) in [6.45, 7) is -0.466. The number of carboxylic acids is 2. The van der Waals surface area contributed by atoms with Crippen molar-refractivity contribution < 1.29 is 24.6 Å². The highest BCUT2D eigenvalue weighted by molar-refractivity contribution is 6.08. The lowest BCUT2D eigenvalue weighted by Gasteiger charge is -2.30. The average molecular weight is 250 g/mol. The monoisotopic (exact) mass is 250 g/mol. The maximum atomic E-state index is 11.5. The molecule has 0 atom stereocenters. The van der Waals surface area contributed by atoms with Gasteiger partial charge in [0.2, 0.25) is 5.91 Å². The van der Waals surface area contributed by atoms with Crippen LogP contribution in [0.4, 0.5) is 11.4 Å². The van der Waals surface area contributed by atoms with E-state index in [1.807, 2.05) is 0 Å². The van der Waals surface area contributed by atoms with Crippen LogP contribution in [0.25, 0.3) is 0 Å². The van der Waals surface area contributed by atoms with Crippen LogP contribution in [0.15, 0.2) is 18.2 Å². The number of para-hydroxylation sites is 1. The molecule has 94 valence electrons. The fourth-order valence-corrected chi connectivity index (χ4v) is 1.86. The van der Waals surface area contributed by atoms with Crippen LogP contribution in [0.2, 0.25) is 0 Å². The molecule has 0 bridgehead atoms. The van der Waals surface area contributed by atoms with Gasteiger partial charge in [0.05, 0.1) is 23.5 Å². The van der Waals surface area contributed by atoms with Gasteiger partial charge in [-0.15, -0.1) is 0 Å². The van der Waals surface area contributed by atoms with Gasteiger partial charge >= 0.3 is 11.9 Å². The number of hydrogen-bond acceptors (Lipinski definition) is 4. The molecule has 1 aliphatic rings. The van der Waals surface area contributed by atoms with E-state index < -0.39 is 17.8 Å². The van der Waals surface area contributed by atoms with E-state index in [0.29, 0.717) is 5.69 Å². The summed E-state index contributed by atoms with van der Waals surface area (Å²) in [5.74, 6) is -2.70. The first kappa shape index (κ1) is 11.9. The predicted molar refractivity (Wildman–Crippen MR) is 61.9 cm³/mol. The zero-order chi connectivity index (χ0) is 13.3. The molecule has 0 radical (unpaired) electrons. The number of carboxylic acid groups (broad SMARTS) is 2. The molecule has 0 aromatic heterocycles. The third kappa shape index (κ3) is 2.10. The zero-order valence-corrected chi connectivity index (χ0v) is 9.21. The molecule has 0 spiro atoms. The van der Waals surface area contributed by atoms with E-state index in [1.54, 1.807) is 6.07 Å². The van der Waals surface area contributed by atoms with E-state index in [1.165, 1.54) is 17.0 Å². The number of rotatable bonds is 3. The van der Waals surface area contributed by atoms with Gasteiger partial charge in [0.15, 0.2) is 0 Å². The molecule has 1 aromatic rings. The Morgan fingerprint density at radius 3 is 2.67 bits per heavy atom. The van der Waals surface area contributed by atoms with Gasteiger partial charge in [0.1, 0.15) is 6.54 Å². The summed E-state index contributed by atoms with van der Waals surface area (Å²) < 4.78 is 0. The minimum atomic E-state index is -1.18. The third-order valence-corrected chi connectivity index (χ3v) is 2.54. The molecule has 7 nitrogen and oxygen atoms in total. The summed E-state index contributed by atoms with van der Waals surface area (Å²) >= 11 is 0. The number of hydrogen-bond donors (Lipinski definition) is 3. The van der Waals surface area contributed by atoms with Gasteiger partial charge < -0.3 is 20.4 Å². The minimum absolute atomic E-state index is 0.0593. The van der Waals surface area contributed by atoms with Crippen molar-refractivity contribution in [1.82, 2.24) is 0 Å². The number of amides is 1. The first-order valence-electron chi connectivity index (χ1n) is 5.12. The van der Waals surface area contributed by atoms with Crippen molar-refractivity contribution >= 4 is 29.2 Å². The van der Waals surface area contributed by atoms with E-state index in [4.69, 9.17) is 10.2 Å². The molecular weight excluding hydrogens is 240 g/mol. The molecule has 0 saturated carbocycles. The molecule has 7 heteroatoms. The van der Waals surface area contributed by atoms with E-state index in [2.05, 4.69) is 5.32 Å². The van der Waals surface area contributed by atoms with Crippen LogP contribution < -0.4 is 10.2 Å². The Balaban J connectivity index is 2.49. The number of carbonyl (C=O) groups is 3. The minimum Gasteiger partial charge on any atom is -0.480 e. The van der Waals surface area contributed by atoms with Gasteiger partial charge in [0, 0.05) is 0 Å². The number of benzene rings is 1. The Labute approximate surface area is 102 Å². The second-order valence-corrected chi connectivity index (χ2v) is 3.80. The normalized spacial score (nSPS) is 13.8. The van der Waals surface area contributed by atoms with Crippen molar-refractivity contribution in [3.8, 4) is 0 Å². The van der Waals surface area contributed by atoms with E-state index in [-0.39, 0.29) is 24.3 Å². The van der Waals surface area contributed by atoms with Gasteiger partial charge in [-0.05, 0) is 12.1 Å². The van der Waals surface area contributed by atoms with Gasteiger partial charge in [-0.2, -0.15) is 0 Å². The molecule has 0 unspecified atom stereocenters. The summed E-state index contributed by atoms with van der Waals surface area (Å²) in [6.07, 6.45) is 0. The summed E-state index contributed by atoms with van der Waals surface area (Å²) in [4.78, 5) is 34.5. The SMILES string of the molecule is O=C(O)CN1CC(=O)Nc2c(C(=O)O)cccc21. The number of aliphatic carboxylic acids is 1. The molecule has 18 heavy (non-hydrogen) atoms. The van der Waals surface area contributed by atoms with Crippen molar-refractivity contribution in [1.29, 1.82) is 0 Å². The summed E-state index contributed by atoms with van der Waals surface area (Å²) in [5.41, 5.74) is 0.482. The smallest absolute Gasteiger partial charge is 0.337 e. The number of nitrogens with one attached hydrogen (secondary N) is 1. The third-order valence-electron chi connectivity index (χ3n) is 2.54. The van der Waals surface area contributed by atoms with E-state index >= 15 is 0 Å². The van der Waals surface area contributed by atoms with Crippen LogP contribution in [-0.4, -0.2) is 41.1 Å². The maximum absolute atomic E-state index is 11.5. The van der Waals surface area contributed by atoms with Crippen LogP contribution in [0.3, 0.4) is 0 Å². The lowest BCUT2D eigenvalue weighted by molar-refractivity contribution is -0.135. The van der Waals surface area contributed by atoms with Crippen molar-refractivity contribution in [2.75, 3.05) is 23.3 Å². The fraction of sp³-hybridized carbons (Fsp3) is 0.182. The second-order valence-electron chi connectivity index (χ2n) is 3.80. The predicted octanol–water partition coefficient (Wildman–Crippen LogP) is 0.228. The molecular formula is C11H10N2O5. The van der Waals surface area contributed by atoms with Crippen molar-refractivity contribution in [2.24, 2.45) is 0 Å². The Morgan fingerprint density at radius 2 is 2.06 bits per heavy atom. The molecule has 1 amide bonds. The van der Waals surface area contributed by atoms with Crippen LogP contribution in [0, 0.1) is 0 Å². The van der Waals surface area contributed by atoms with Gasteiger partial charge in [-0.3, -0.25) is 9.59 Å². The second kappa shape index (κ2) is 4.36. The number of aromatic carboxylic acids is 1.